The van der Waals surface area contributed by atoms with E-state index in [4.69, 9.17) is 5.73 Å². The molecule has 2 unspecified atom stereocenters. The van der Waals surface area contributed by atoms with Crippen LogP contribution in [0.15, 0.2) is 12.3 Å². The third kappa shape index (κ3) is 3.70. The maximum absolute atomic E-state index is 13.5. The number of alkyl halides is 3. The van der Waals surface area contributed by atoms with Gasteiger partial charge in [0, 0.05) is 18.3 Å². The van der Waals surface area contributed by atoms with Crippen LogP contribution in [-0.2, 0) is 6.18 Å². The van der Waals surface area contributed by atoms with Crippen molar-refractivity contribution in [3.05, 3.63) is 23.6 Å². The fraction of sp³-hybridized carbons (Fsp3) is 0.545. The summed E-state index contributed by atoms with van der Waals surface area (Å²) in [5.41, 5.74) is 4.69. The molecule has 1 saturated carbocycles. The zero-order valence-corrected chi connectivity index (χ0v) is 10.7. The van der Waals surface area contributed by atoms with E-state index in [1.54, 1.807) is 0 Å². The summed E-state index contributed by atoms with van der Waals surface area (Å²) < 4.78 is 50.5. The first-order chi connectivity index (χ1) is 8.38. The van der Waals surface area contributed by atoms with Crippen molar-refractivity contribution < 1.29 is 17.6 Å². The molecule has 0 saturated heterocycles. The van der Waals surface area contributed by atoms with Gasteiger partial charge in [0.05, 0.1) is 5.56 Å². The smallest absolute Gasteiger partial charge is 0.363 e. The standard InChI is InChI=1S/C11H13F4N3.ClH/c12-7-4-6(11(13,14)15)5-17-10(7)18-9-3-1-2-8(9)16;/h4-5,8-9H,1-3,16H2,(H,17,18);1H. The zero-order valence-electron chi connectivity index (χ0n) is 9.88. The molecule has 1 aliphatic rings. The average Bonchev–Trinajstić information content (AvgIpc) is 2.66. The molecule has 2 atom stereocenters. The van der Waals surface area contributed by atoms with Crippen molar-refractivity contribution in [1.82, 2.24) is 4.98 Å². The quantitative estimate of drug-likeness (QED) is 0.826. The number of nitrogens with zero attached hydrogens (tertiary/aromatic N) is 1. The Morgan fingerprint density at radius 2 is 2.00 bits per heavy atom. The molecular formula is C11H14ClF4N3. The Bertz CT molecular complexity index is 438. The third-order valence-corrected chi connectivity index (χ3v) is 3.06. The van der Waals surface area contributed by atoms with Crippen LogP contribution in [0, 0.1) is 5.82 Å². The minimum absolute atomic E-state index is 0. The van der Waals surface area contributed by atoms with Crippen LogP contribution in [-0.4, -0.2) is 17.1 Å². The number of nitrogens with two attached hydrogens (primary N) is 1. The molecule has 1 aromatic rings. The van der Waals surface area contributed by atoms with E-state index in [1.165, 1.54) is 0 Å². The zero-order chi connectivity index (χ0) is 13.3. The molecule has 108 valence electrons. The number of anilines is 1. The third-order valence-electron chi connectivity index (χ3n) is 3.06. The number of halogens is 5. The Hall–Kier alpha value is -1.08. The van der Waals surface area contributed by atoms with Crippen molar-refractivity contribution in [2.24, 2.45) is 5.73 Å². The van der Waals surface area contributed by atoms with E-state index >= 15 is 0 Å². The van der Waals surface area contributed by atoms with Gasteiger partial charge in [0.25, 0.3) is 0 Å². The van der Waals surface area contributed by atoms with Gasteiger partial charge in [-0.05, 0) is 25.3 Å². The fourth-order valence-corrected chi connectivity index (χ4v) is 2.04. The summed E-state index contributed by atoms with van der Waals surface area (Å²) in [6.45, 7) is 0. The van der Waals surface area contributed by atoms with Gasteiger partial charge in [-0.15, -0.1) is 12.4 Å². The molecule has 1 heterocycles. The minimum atomic E-state index is -4.59. The molecule has 2 rings (SSSR count). The van der Waals surface area contributed by atoms with Crippen molar-refractivity contribution in [2.45, 2.75) is 37.5 Å². The van der Waals surface area contributed by atoms with Crippen LogP contribution in [0.5, 0.6) is 0 Å². The summed E-state index contributed by atoms with van der Waals surface area (Å²) in [5, 5.41) is 2.76. The molecule has 0 spiro atoms. The molecule has 0 amide bonds. The summed E-state index contributed by atoms with van der Waals surface area (Å²) in [6.07, 6.45) is -1.47. The highest BCUT2D eigenvalue weighted by molar-refractivity contribution is 5.85. The van der Waals surface area contributed by atoms with Gasteiger partial charge in [-0.25, -0.2) is 9.37 Å². The lowest BCUT2D eigenvalue weighted by molar-refractivity contribution is -0.138. The summed E-state index contributed by atoms with van der Waals surface area (Å²) >= 11 is 0. The van der Waals surface area contributed by atoms with Gasteiger partial charge in [0.1, 0.15) is 0 Å². The molecule has 0 aliphatic heterocycles. The Balaban J connectivity index is 0.00000180. The van der Waals surface area contributed by atoms with E-state index in [0.29, 0.717) is 12.3 Å². The van der Waals surface area contributed by atoms with E-state index in [0.717, 1.165) is 19.3 Å². The summed E-state index contributed by atoms with van der Waals surface area (Å²) in [7, 11) is 0. The highest BCUT2D eigenvalue weighted by Crippen LogP contribution is 2.30. The van der Waals surface area contributed by atoms with E-state index < -0.39 is 17.6 Å². The van der Waals surface area contributed by atoms with Gasteiger partial charge in [-0.3, -0.25) is 0 Å². The number of pyridine rings is 1. The van der Waals surface area contributed by atoms with E-state index in [9.17, 15) is 17.6 Å². The Morgan fingerprint density at radius 3 is 2.47 bits per heavy atom. The van der Waals surface area contributed by atoms with Gasteiger partial charge in [0.2, 0.25) is 0 Å². The largest absolute Gasteiger partial charge is 0.417 e. The first kappa shape index (κ1) is 16.0. The molecule has 19 heavy (non-hydrogen) atoms. The van der Waals surface area contributed by atoms with Crippen LogP contribution < -0.4 is 11.1 Å². The topological polar surface area (TPSA) is 50.9 Å². The van der Waals surface area contributed by atoms with Crippen molar-refractivity contribution in [3.63, 3.8) is 0 Å². The van der Waals surface area contributed by atoms with E-state index in [1.807, 2.05) is 0 Å². The fourth-order valence-electron chi connectivity index (χ4n) is 2.04. The van der Waals surface area contributed by atoms with Crippen molar-refractivity contribution in [3.8, 4) is 0 Å². The van der Waals surface area contributed by atoms with Crippen LogP contribution in [0.2, 0.25) is 0 Å². The van der Waals surface area contributed by atoms with Gasteiger partial charge < -0.3 is 11.1 Å². The van der Waals surface area contributed by atoms with Crippen molar-refractivity contribution >= 4 is 18.2 Å². The second kappa shape index (κ2) is 5.92. The van der Waals surface area contributed by atoms with Gasteiger partial charge in [-0.1, -0.05) is 0 Å². The minimum Gasteiger partial charge on any atom is -0.363 e. The molecule has 0 aromatic carbocycles. The Kier molecular flexibility index (Phi) is 4.98. The van der Waals surface area contributed by atoms with Crippen LogP contribution in [0.1, 0.15) is 24.8 Å². The predicted molar refractivity (Wildman–Crippen MR) is 65.7 cm³/mol. The second-order valence-electron chi connectivity index (χ2n) is 4.40. The van der Waals surface area contributed by atoms with Gasteiger partial charge >= 0.3 is 6.18 Å². The van der Waals surface area contributed by atoms with Crippen molar-refractivity contribution in [2.75, 3.05) is 5.32 Å². The van der Waals surface area contributed by atoms with E-state index in [2.05, 4.69) is 10.3 Å². The van der Waals surface area contributed by atoms with Crippen LogP contribution in [0.25, 0.3) is 0 Å². The Labute approximate surface area is 114 Å². The maximum atomic E-state index is 13.5. The molecular weight excluding hydrogens is 286 g/mol. The lowest BCUT2D eigenvalue weighted by atomic mass is 10.2. The number of nitrogens with one attached hydrogen (secondary N) is 1. The normalized spacial score (nSPS) is 23.0. The maximum Gasteiger partial charge on any atom is 0.417 e. The van der Waals surface area contributed by atoms with Crippen LogP contribution in [0.3, 0.4) is 0 Å². The van der Waals surface area contributed by atoms with Crippen molar-refractivity contribution in [1.29, 1.82) is 0 Å². The first-order valence-corrected chi connectivity index (χ1v) is 5.63. The summed E-state index contributed by atoms with van der Waals surface area (Å²) in [6, 6.07) is 0.188. The monoisotopic (exact) mass is 299 g/mol. The number of rotatable bonds is 2. The van der Waals surface area contributed by atoms with Crippen LogP contribution in [0.4, 0.5) is 23.4 Å². The highest BCUT2D eigenvalue weighted by Gasteiger charge is 2.32. The predicted octanol–water partition coefficient (Wildman–Crippen LogP) is 2.95. The number of hydrogen-bond acceptors (Lipinski definition) is 3. The lowest BCUT2D eigenvalue weighted by Crippen LogP contribution is -2.35. The SMILES string of the molecule is Cl.NC1CCCC1Nc1ncc(C(F)(F)F)cc1F. The molecule has 1 aromatic heterocycles. The Morgan fingerprint density at radius 1 is 1.32 bits per heavy atom. The molecule has 1 aliphatic carbocycles. The van der Waals surface area contributed by atoms with Gasteiger partial charge in [-0.2, -0.15) is 13.2 Å². The average molecular weight is 300 g/mol. The number of hydrogen-bond donors (Lipinski definition) is 2. The summed E-state index contributed by atoms with van der Waals surface area (Å²) in [5.74, 6) is -1.19. The highest BCUT2D eigenvalue weighted by atomic mass is 35.5. The number of aromatic nitrogens is 1. The lowest BCUT2D eigenvalue weighted by Gasteiger charge is -2.18. The van der Waals surface area contributed by atoms with Gasteiger partial charge in [0.15, 0.2) is 11.6 Å². The molecule has 0 bridgehead atoms. The molecule has 1 fully saturated rings. The molecule has 3 nitrogen and oxygen atoms in total. The summed E-state index contributed by atoms with van der Waals surface area (Å²) in [4.78, 5) is 3.48. The first-order valence-electron chi connectivity index (χ1n) is 5.63. The second-order valence-corrected chi connectivity index (χ2v) is 4.40. The molecule has 3 N–H and O–H groups in total. The molecule has 0 radical (unpaired) electrons. The van der Waals surface area contributed by atoms with E-state index in [-0.39, 0.29) is 30.3 Å². The molecule has 8 heteroatoms. The van der Waals surface area contributed by atoms with Crippen LogP contribution >= 0.6 is 12.4 Å².